The van der Waals surface area contributed by atoms with Gasteiger partial charge in [-0.05, 0) is 56.2 Å². The van der Waals surface area contributed by atoms with Crippen LogP contribution in [0.4, 0.5) is 13.2 Å². The number of carbonyl (C=O) groups is 1. The van der Waals surface area contributed by atoms with Crippen LogP contribution in [0, 0.1) is 11.3 Å². The third kappa shape index (κ3) is 5.74. The summed E-state index contributed by atoms with van der Waals surface area (Å²) in [5, 5.41) is 9.75. The zero-order chi connectivity index (χ0) is 26.5. The van der Waals surface area contributed by atoms with E-state index in [0.717, 1.165) is 12.1 Å². The lowest BCUT2D eigenvalue weighted by Crippen LogP contribution is -2.25. The maximum Gasteiger partial charge on any atom is 0.416 e. The number of nitrogens with two attached hydrogens (primary N) is 1. The maximum atomic E-state index is 13.0. The van der Waals surface area contributed by atoms with Crippen LogP contribution in [0.15, 0.2) is 65.3 Å². The number of esters is 1. The fraction of sp³-hybridized carbons (Fsp3) is 0.308. The van der Waals surface area contributed by atoms with Gasteiger partial charge in [-0.1, -0.05) is 18.2 Å². The van der Waals surface area contributed by atoms with Crippen LogP contribution in [0.3, 0.4) is 0 Å². The SMILES string of the molecule is CCOC(=O)C1=C(C)OC(N)=C(C#N)C1c1ccc(OCc2cccc(C(F)(F)F)c2)c(OCC)c1. The summed E-state index contributed by atoms with van der Waals surface area (Å²) in [6.45, 7) is 5.21. The number of hydrogen-bond acceptors (Lipinski definition) is 7. The Kier molecular flexibility index (Phi) is 8.14. The smallest absolute Gasteiger partial charge is 0.416 e. The molecule has 2 aromatic carbocycles. The molecule has 7 nitrogen and oxygen atoms in total. The lowest BCUT2D eigenvalue weighted by atomic mass is 9.83. The van der Waals surface area contributed by atoms with E-state index in [1.165, 1.54) is 12.1 Å². The Balaban J connectivity index is 1.98. The molecule has 0 saturated heterocycles. The molecule has 190 valence electrons. The minimum absolute atomic E-state index is 0.0312. The van der Waals surface area contributed by atoms with Gasteiger partial charge in [0.1, 0.15) is 24.0 Å². The summed E-state index contributed by atoms with van der Waals surface area (Å²) in [5.41, 5.74) is 6.14. The van der Waals surface area contributed by atoms with Crippen LogP contribution >= 0.6 is 0 Å². The van der Waals surface area contributed by atoms with Crippen LogP contribution in [-0.2, 0) is 27.1 Å². The van der Waals surface area contributed by atoms with Gasteiger partial charge in [0.15, 0.2) is 11.5 Å². The highest BCUT2D eigenvalue weighted by Crippen LogP contribution is 2.42. The van der Waals surface area contributed by atoms with Crippen molar-refractivity contribution in [3.8, 4) is 17.6 Å². The molecule has 2 aromatic rings. The van der Waals surface area contributed by atoms with Gasteiger partial charge in [0.05, 0.1) is 30.3 Å². The molecule has 1 unspecified atom stereocenters. The molecule has 1 atom stereocenters. The molecule has 0 spiro atoms. The summed E-state index contributed by atoms with van der Waals surface area (Å²) in [4.78, 5) is 12.7. The van der Waals surface area contributed by atoms with Crippen molar-refractivity contribution in [2.24, 2.45) is 5.73 Å². The van der Waals surface area contributed by atoms with E-state index in [0.29, 0.717) is 11.1 Å². The van der Waals surface area contributed by atoms with Crippen molar-refractivity contribution < 1.29 is 36.9 Å². The van der Waals surface area contributed by atoms with Gasteiger partial charge in [-0.25, -0.2) is 4.79 Å². The second kappa shape index (κ2) is 11.1. The number of allylic oxidation sites excluding steroid dienone is 2. The van der Waals surface area contributed by atoms with Crippen LogP contribution in [0.1, 0.15) is 43.4 Å². The Morgan fingerprint density at radius 1 is 1.11 bits per heavy atom. The fourth-order valence-corrected chi connectivity index (χ4v) is 3.78. The molecule has 0 aliphatic carbocycles. The van der Waals surface area contributed by atoms with E-state index in [1.54, 1.807) is 39.0 Å². The van der Waals surface area contributed by atoms with E-state index in [9.17, 15) is 23.2 Å². The standard InChI is InChI=1S/C26H25F3N2O5/c1-4-33-21-12-17(23-19(13-30)24(31)36-15(3)22(23)25(32)34-5-2)9-10-20(21)35-14-16-7-6-8-18(11-16)26(27,28)29/h6-12,23H,4-5,14,31H2,1-3H3. The summed E-state index contributed by atoms with van der Waals surface area (Å²) in [6, 6.07) is 11.6. The molecule has 2 N–H and O–H groups in total. The summed E-state index contributed by atoms with van der Waals surface area (Å²) >= 11 is 0. The minimum Gasteiger partial charge on any atom is -0.490 e. The Hall–Kier alpha value is -4.13. The van der Waals surface area contributed by atoms with Crippen molar-refractivity contribution in [2.45, 2.75) is 39.5 Å². The Morgan fingerprint density at radius 3 is 2.50 bits per heavy atom. The molecular formula is C26H25F3N2O5. The average molecular weight is 502 g/mol. The number of hydrogen-bond donors (Lipinski definition) is 1. The molecule has 36 heavy (non-hydrogen) atoms. The van der Waals surface area contributed by atoms with Crippen molar-refractivity contribution >= 4 is 5.97 Å². The molecule has 0 aromatic heterocycles. The molecule has 1 aliphatic heterocycles. The monoisotopic (exact) mass is 502 g/mol. The van der Waals surface area contributed by atoms with Crippen LogP contribution in [-0.4, -0.2) is 19.2 Å². The number of ether oxygens (including phenoxy) is 4. The van der Waals surface area contributed by atoms with Gasteiger partial charge in [0.2, 0.25) is 5.88 Å². The van der Waals surface area contributed by atoms with Gasteiger partial charge in [-0.3, -0.25) is 0 Å². The molecule has 1 aliphatic rings. The van der Waals surface area contributed by atoms with E-state index >= 15 is 0 Å². The van der Waals surface area contributed by atoms with Gasteiger partial charge in [0, 0.05) is 0 Å². The topological polar surface area (TPSA) is 104 Å². The Labute approximate surface area is 206 Å². The average Bonchev–Trinajstić information content (AvgIpc) is 2.82. The highest BCUT2D eigenvalue weighted by molar-refractivity contribution is 5.92. The van der Waals surface area contributed by atoms with Gasteiger partial charge < -0.3 is 24.7 Å². The number of nitrogens with zero attached hydrogens (tertiary/aromatic N) is 1. The molecule has 0 bridgehead atoms. The van der Waals surface area contributed by atoms with E-state index in [1.807, 2.05) is 6.07 Å². The molecule has 10 heteroatoms. The molecule has 0 fully saturated rings. The van der Waals surface area contributed by atoms with Crippen LogP contribution in [0.5, 0.6) is 11.5 Å². The number of nitriles is 1. The number of rotatable bonds is 8. The zero-order valence-electron chi connectivity index (χ0n) is 19.9. The van der Waals surface area contributed by atoms with Crippen molar-refractivity contribution in [3.63, 3.8) is 0 Å². The molecule has 1 heterocycles. The van der Waals surface area contributed by atoms with Gasteiger partial charge in [0.25, 0.3) is 0 Å². The molecule has 0 amide bonds. The molecule has 3 rings (SSSR count). The summed E-state index contributed by atoms with van der Waals surface area (Å²) in [6.07, 6.45) is -4.46. The number of carbonyl (C=O) groups excluding carboxylic acids is 1. The normalized spacial score (nSPS) is 15.8. The van der Waals surface area contributed by atoms with Gasteiger partial charge in [-0.2, -0.15) is 18.4 Å². The predicted molar refractivity (Wildman–Crippen MR) is 123 cm³/mol. The number of alkyl halides is 3. The largest absolute Gasteiger partial charge is 0.490 e. The molecule has 0 radical (unpaired) electrons. The second-order valence-corrected chi connectivity index (χ2v) is 7.74. The van der Waals surface area contributed by atoms with E-state index in [-0.39, 0.29) is 54.1 Å². The van der Waals surface area contributed by atoms with Crippen LogP contribution in [0.25, 0.3) is 0 Å². The number of benzene rings is 2. The summed E-state index contributed by atoms with van der Waals surface area (Å²) < 4.78 is 61.1. The van der Waals surface area contributed by atoms with Crippen molar-refractivity contribution in [2.75, 3.05) is 13.2 Å². The summed E-state index contributed by atoms with van der Waals surface area (Å²) in [5.74, 6) is -0.889. The first-order valence-corrected chi connectivity index (χ1v) is 11.1. The van der Waals surface area contributed by atoms with E-state index < -0.39 is 23.6 Å². The van der Waals surface area contributed by atoms with Crippen molar-refractivity contribution in [1.29, 1.82) is 5.26 Å². The maximum absolute atomic E-state index is 13.0. The third-order valence-electron chi connectivity index (χ3n) is 5.35. The van der Waals surface area contributed by atoms with Gasteiger partial charge >= 0.3 is 12.1 Å². The van der Waals surface area contributed by atoms with Crippen LogP contribution < -0.4 is 15.2 Å². The lowest BCUT2D eigenvalue weighted by molar-refractivity contribution is -0.139. The lowest BCUT2D eigenvalue weighted by Gasteiger charge is -2.27. The minimum atomic E-state index is -4.46. The summed E-state index contributed by atoms with van der Waals surface area (Å²) in [7, 11) is 0. The van der Waals surface area contributed by atoms with Crippen LogP contribution in [0.2, 0.25) is 0 Å². The third-order valence-corrected chi connectivity index (χ3v) is 5.35. The Morgan fingerprint density at radius 2 is 1.86 bits per heavy atom. The predicted octanol–water partition coefficient (Wildman–Crippen LogP) is 5.33. The highest BCUT2D eigenvalue weighted by Gasteiger charge is 2.37. The van der Waals surface area contributed by atoms with E-state index in [4.69, 9.17) is 24.7 Å². The fourth-order valence-electron chi connectivity index (χ4n) is 3.78. The zero-order valence-corrected chi connectivity index (χ0v) is 19.9. The second-order valence-electron chi connectivity index (χ2n) is 7.74. The van der Waals surface area contributed by atoms with Crippen molar-refractivity contribution in [1.82, 2.24) is 0 Å². The first-order chi connectivity index (χ1) is 17.1. The molecule has 0 saturated carbocycles. The molecular weight excluding hydrogens is 477 g/mol. The van der Waals surface area contributed by atoms with Gasteiger partial charge in [-0.15, -0.1) is 0 Å². The Bertz CT molecular complexity index is 1240. The van der Waals surface area contributed by atoms with E-state index in [2.05, 4.69) is 0 Å². The highest BCUT2D eigenvalue weighted by atomic mass is 19.4. The van der Waals surface area contributed by atoms with Crippen molar-refractivity contribution in [3.05, 3.63) is 81.9 Å². The quantitative estimate of drug-likeness (QED) is 0.487. The first-order valence-electron chi connectivity index (χ1n) is 11.1. The number of halogens is 3. The first kappa shape index (κ1) is 26.5.